The first-order valence-electron chi connectivity index (χ1n) is 7.72. The van der Waals surface area contributed by atoms with Crippen LogP contribution in [0.5, 0.6) is 0 Å². The Labute approximate surface area is 123 Å². The summed E-state index contributed by atoms with van der Waals surface area (Å²) < 4.78 is 1.93. The maximum absolute atomic E-state index is 11.3. The van der Waals surface area contributed by atoms with Crippen LogP contribution in [0.3, 0.4) is 0 Å². The summed E-state index contributed by atoms with van der Waals surface area (Å²) in [6.07, 6.45) is 3.74. The lowest BCUT2D eigenvalue weighted by Gasteiger charge is -2.13. The van der Waals surface area contributed by atoms with Gasteiger partial charge in [0.2, 0.25) is 0 Å². The second kappa shape index (κ2) is 4.33. The molecule has 110 valence electrons. The number of fused-ring (bicyclic) bond motifs is 2. The first-order valence-corrected chi connectivity index (χ1v) is 7.72. The van der Waals surface area contributed by atoms with Crippen LogP contribution in [-0.4, -0.2) is 20.6 Å². The number of hydrogen-bond donors (Lipinski definition) is 1. The van der Waals surface area contributed by atoms with E-state index in [1.165, 1.54) is 30.4 Å². The molecule has 21 heavy (non-hydrogen) atoms. The predicted molar refractivity (Wildman–Crippen MR) is 80.4 cm³/mol. The van der Waals surface area contributed by atoms with Gasteiger partial charge in [0.25, 0.3) is 0 Å². The molecule has 2 aliphatic carbocycles. The molecular formula is C17H20N2O2. The van der Waals surface area contributed by atoms with Gasteiger partial charge in [0, 0.05) is 5.92 Å². The average molecular weight is 284 g/mol. The molecule has 0 aliphatic heterocycles. The van der Waals surface area contributed by atoms with Crippen molar-refractivity contribution in [1.29, 1.82) is 0 Å². The van der Waals surface area contributed by atoms with Crippen LogP contribution in [-0.2, 0) is 11.3 Å². The molecule has 4 nitrogen and oxygen atoms in total. The van der Waals surface area contributed by atoms with Crippen LogP contribution in [0.4, 0.5) is 0 Å². The molecule has 0 spiro atoms. The van der Waals surface area contributed by atoms with E-state index in [-0.39, 0.29) is 6.54 Å². The monoisotopic (exact) mass is 284 g/mol. The van der Waals surface area contributed by atoms with E-state index in [2.05, 4.69) is 26.0 Å². The van der Waals surface area contributed by atoms with E-state index in [4.69, 9.17) is 4.98 Å². The Morgan fingerprint density at radius 2 is 1.90 bits per heavy atom. The van der Waals surface area contributed by atoms with Crippen molar-refractivity contribution in [3.05, 3.63) is 29.1 Å². The molecule has 2 fully saturated rings. The molecule has 0 radical (unpaired) electrons. The number of rotatable bonds is 3. The maximum Gasteiger partial charge on any atom is 0.323 e. The largest absolute Gasteiger partial charge is 0.480 e. The molecule has 1 heterocycles. The second-order valence-electron chi connectivity index (χ2n) is 6.80. The minimum absolute atomic E-state index is 0.0141. The highest BCUT2D eigenvalue weighted by molar-refractivity contribution is 5.80. The molecule has 1 aromatic carbocycles. The standard InChI is InChI=1S/C17H20N2O2/c1-9-3-14-15(4-10(9)2)19(8-16(20)21)17(18-14)13-6-11-5-12(11)7-13/h3-4,11-13H,5-8H2,1-2H3,(H,20,21). The smallest absolute Gasteiger partial charge is 0.323 e. The van der Waals surface area contributed by atoms with Crippen LogP contribution in [0.1, 0.15) is 42.1 Å². The summed E-state index contributed by atoms with van der Waals surface area (Å²) >= 11 is 0. The fourth-order valence-corrected chi connectivity index (χ4v) is 3.94. The zero-order valence-electron chi connectivity index (χ0n) is 12.5. The summed E-state index contributed by atoms with van der Waals surface area (Å²) in [5.74, 6) is 2.38. The van der Waals surface area contributed by atoms with Crippen LogP contribution in [0.25, 0.3) is 11.0 Å². The van der Waals surface area contributed by atoms with E-state index in [1.807, 2.05) is 4.57 Å². The summed E-state index contributed by atoms with van der Waals surface area (Å²) in [7, 11) is 0. The van der Waals surface area contributed by atoms with Crippen molar-refractivity contribution in [3.63, 3.8) is 0 Å². The number of nitrogens with zero attached hydrogens (tertiary/aromatic N) is 2. The first-order chi connectivity index (χ1) is 10.0. The molecule has 0 saturated heterocycles. The maximum atomic E-state index is 11.3. The molecule has 4 heteroatoms. The zero-order chi connectivity index (χ0) is 14.7. The van der Waals surface area contributed by atoms with Crippen molar-refractivity contribution in [2.24, 2.45) is 11.8 Å². The lowest BCUT2D eigenvalue weighted by molar-refractivity contribution is -0.137. The summed E-state index contributed by atoms with van der Waals surface area (Å²) in [6.45, 7) is 4.16. The Bertz CT molecular complexity index is 737. The zero-order valence-corrected chi connectivity index (χ0v) is 12.5. The third kappa shape index (κ3) is 2.04. The van der Waals surface area contributed by atoms with Crippen LogP contribution < -0.4 is 0 Å². The van der Waals surface area contributed by atoms with Crippen LogP contribution in [0, 0.1) is 25.7 Å². The van der Waals surface area contributed by atoms with Gasteiger partial charge < -0.3 is 9.67 Å². The van der Waals surface area contributed by atoms with E-state index in [0.29, 0.717) is 5.92 Å². The fraction of sp³-hybridized carbons (Fsp3) is 0.529. The number of carboxylic acids is 1. The number of hydrogen-bond acceptors (Lipinski definition) is 2. The van der Waals surface area contributed by atoms with Gasteiger partial charge in [0.1, 0.15) is 12.4 Å². The van der Waals surface area contributed by atoms with Crippen molar-refractivity contribution in [1.82, 2.24) is 9.55 Å². The van der Waals surface area contributed by atoms with Gasteiger partial charge >= 0.3 is 5.97 Å². The Hall–Kier alpha value is -1.84. The Kier molecular flexibility index (Phi) is 2.65. The minimum atomic E-state index is -0.795. The molecule has 4 rings (SSSR count). The van der Waals surface area contributed by atoms with E-state index in [0.717, 1.165) is 28.7 Å². The van der Waals surface area contributed by atoms with E-state index in [1.54, 1.807) is 0 Å². The molecule has 2 aromatic rings. The number of aromatic nitrogens is 2. The highest BCUT2D eigenvalue weighted by Gasteiger charge is 2.47. The van der Waals surface area contributed by atoms with Gasteiger partial charge in [-0.25, -0.2) is 4.98 Å². The predicted octanol–water partition coefficient (Wildman–Crippen LogP) is 3.25. The Morgan fingerprint density at radius 1 is 1.24 bits per heavy atom. The molecule has 0 bridgehead atoms. The van der Waals surface area contributed by atoms with Crippen molar-refractivity contribution < 1.29 is 9.90 Å². The lowest BCUT2D eigenvalue weighted by Crippen LogP contribution is -2.14. The van der Waals surface area contributed by atoms with E-state index >= 15 is 0 Å². The molecule has 2 aliphatic rings. The van der Waals surface area contributed by atoms with Gasteiger partial charge in [-0.3, -0.25) is 4.79 Å². The number of imidazole rings is 1. The first kappa shape index (κ1) is 12.9. The molecule has 2 saturated carbocycles. The third-order valence-electron chi connectivity index (χ3n) is 5.30. The summed E-state index contributed by atoms with van der Waals surface area (Å²) in [4.78, 5) is 16.1. The molecule has 1 N–H and O–H groups in total. The van der Waals surface area contributed by atoms with E-state index in [9.17, 15) is 9.90 Å². The fourth-order valence-electron chi connectivity index (χ4n) is 3.94. The summed E-state index contributed by atoms with van der Waals surface area (Å²) in [5, 5.41) is 9.25. The Balaban J connectivity index is 1.85. The van der Waals surface area contributed by atoms with Crippen LogP contribution >= 0.6 is 0 Å². The van der Waals surface area contributed by atoms with Crippen LogP contribution in [0.2, 0.25) is 0 Å². The summed E-state index contributed by atoms with van der Waals surface area (Å²) in [6, 6.07) is 4.17. The quantitative estimate of drug-likeness (QED) is 0.941. The average Bonchev–Trinajstić information content (AvgIpc) is 2.88. The lowest BCUT2D eigenvalue weighted by atomic mass is 10.0. The van der Waals surface area contributed by atoms with Crippen LogP contribution in [0.15, 0.2) is 12.1 Å². The molecule has 0 amide bonds. The SMILES string of the molecule is Cc1cc2nc(C3CC4CC4C3)n(CC(=O)O)c2cc1C. The van der Waals surface area contributed by atoms with Gasteiger partial charge in [-0.15, -0.1) is 0 Å². The third-order valence-corrected chi connectivity index (χ3v) is 5.30. The van der Waals surface area contributed by atoms with Gasteiger partial charge in [-0.1, -0.05) is 0 Å². The molecule has 1 aromatic heterocycles. The van der Waals surface area contributed by atoms with Gasteiger partial charge in [0.05, 0.1) is 11.0 Å². The van der Waals surface area contributed by atoms with Crippen molar-refractivity contribution >= 4 is 17.0 Å². The second-order valence-corrected chi connectivity index (χ2v) is 6.80. The Morgan fingerprint density at radius 3 is 2.57 bits per heavy atom. The number of carboxylic acid groups (broad SMARTS) is 1. The number of aliphatic carboxylic acids is 1. The highest BCUT2D eigenvalue weighted by Crippen LogP contribution is 2.57. The van der Waals surface area contributed by atoms with E-state index < -0.39 is 5.97 Å². The molecular weight excluding hydrogens is 264 g/mol. The van der Waals surface area contributed by atoms with Gasteiger partial charge in [-0.05, 0) is 68.2 Å². The van der Waals surface area contributed by atoms with Gasteiger partial charge in [0.15, 0.2) is 0 Å². The number of carbonyl (C=O) groups is 1. The number of aryl methyl sites for hydroxylation is 2. The molecule has 2 atom stereocenters. The topological polar surface area (TPSA) is 55.1 Å². The van der Waals surface area contributed by atoms with Crippen molar-refractivity contribution in [2.45, 2.75) is 45.6 Å². The number of benzene rings is 1. The van der Waals surface area contributed by atoms with Gasteiger partial charge in [-0.2, -0.15) is 0 Å². The minimum Gasteiger partial charge on any atom is -0.480 e. The normalized spacial score (nSPS) is 27.0. The molecule has 2 unspecified atom stereocenters. The van der Waals surface area contributed by atoms with Crippen molar-refractivity contribution in [2.75, 3.05) is 0 Å². The van der Waals surface area contributed by atoms with Crippen molar-refractivity contribution in [3.8, 4) is 0 Å². The summed E-state index contributed by atoms with van der Waals surface area (Å²) in [5.41, 5.74) is 4.31. The highest BCUT2D eigenvalue weighted by atomic mass is 16.4.